The van der Waals surface area contributed by atoms with Crippen LogP contribution < -0.4 is 15.4 Å². The molecule has 4 heterocycles. The Kier molecular flexibility index (Phi) is 13.6. The van der Waals surface area contributed by atoms with Crippen LogP contribution in [-0.2, 0) is 38.2 Å². The van der Waals surface area contributed by atoms with Gasteiger partial charge in [-0.05, 0) is 102 Å². The van der Waals surface area contributed by atoms with Gasteiger partial charge < -0.3 is 19.3 Å². The van der Waals surface area contributed by atoms with Gasteiger partial charge in [0, 0.05) is 34.7 Å². The number of esters is 2. The Morgan fingerprint density at radius 3 is 1.49 bits per heavy atom. The average molecular weight is 958 g/mol. The number of phenolic OH excluding ortho intramolecular Hbond substituents is 1. The summed E-state index contributed by atoms with van der Waals surface area (Å²) in [4.78, 5) is 124. The fourth-order valence-electron chi connectivity index (χ4n) is 7.60. The van der Waals surface area contributed by atoms with E-state index in [2.05, 4.69) is 26.6 Å². The fourth-order valence-corrected chi connectivity index (χ4v) is 7.71. The molecule has 2 atom stereocenters. The van der Waals surface area contributed by atoms with Gasteiger partial charge in [0.15, 0.2) is 6.61 Å². The highest BCUT2D eigenvalue weighted by Crippen LogP contribution is 2.37. The van der Waals surface area contributed by atoms with Crippen LogP contribution in [0.5, 0.6) is 11.5 Å². The van der Waals surface area contributed by atoms with E-state index in [1.807, 2.05) is 20.8 Å². The van der Waals surface area contributed by atoms with Gasteiger partial charge in [0.2, 0.25) is 23.6 Å². The van der Waals surface area contributed by atoms with E-state index in [1.54, 1.807) is 63.2 Å². The van der Waals surface area contributed by atoms with Crippen LogP contribution in [0.2, 0.25) is 0 Å². The lowest BCUT2D eigenvalue weighted by atomic mass is 9.91. The number of hydrogen-bond acceptors (Lipinski definition) is 14. The number of halogens is 1. The first-order chi connectivity index (χ1) is 30.5. The minimum Gasteiger partial charge on any atom is -0.508 e. The largest absolute Gasteiger partial charge is 0.508 e. The second-order valence-corrected chi connectivity index (χ2v) is 17.8. The molecule has 0 spiro atoms. The van der Waals surface area contributed by atoms with Crippen molar-refractivity contribution in [1.29, 1.82) is 0 Å². The number of carbonyl (C=O) groups excluding carboxylic acids is 10. The zero-order valence-corrected chi connectivity index (χ0v) is 37.8. The molecule has 0 radical (unpaired) electrons. The number of ether oxygens (including phenoxy) is 3. The number of rotatable bonds is 6. The second-order valence-electron chi connectivity index (χ2n) is 17.3. The van der Waals surface area contributed by atoms with Crippen molar-refractivity contribution in [2.75, 3.05) is 11.9 Å². The van der Waals surface area contributed by atoms with Crippen molar-refractivity contribution in [3.8, 4) is 11.5 Å². The number of nitrogens with zero attached hydrogens (tertiary/aromatic N) is 2. The zero-order chi connectivity index (χ0) is 47.7. The van der Waals surface area contributed by atoms with Gasteiger partial charge in [0.05, 0.1) is 11.1 Å². The summed E-state index contributed by atoms with van der Waals surface area (Å²) in [5.74, 6) is -5.30. The highest BCUT2D eigenvalue weighted by molar-refractivity contribution is 9.09. The van der Waals surface area contributed by atoms with E-state index < -0.39 is 70.9 Å². The molecule has 4 aromatic carbocycles. The van der Waals surface area contributed by atoms with Gasteiger partial charge in [-0.15, -0.1) is 0 Å². The quantitative estimate of drug-likeness (QED) is 0.136. The van der Waals surface area contributed by atoms with Crippen molar-refractivity contribution in [3.63, 3.8) is 0 Å². The molecule has 3 N–H and O–H groups in total. The number of carbonyl (C=O) groups is 10. The lowest BCUT2D eigenvalue weighted by Gasteiger charge is -2.34. The molecule has 4 aromatic rings. The number of phenols is 1. The molecule has 2 saturated heterocycles. The number of nitrogens with one attached hydrogen (secondary N) is 2. The first-order valence-electron chi connectivity index (χ1n) is 20.4. The van der Waals surface area contributed by atoms with Gasteiger partial charge in [-0.2, -0.15) is 0 Å². The molecule has 2 fully saturated rings. The Bertz CT molecular complexity index is 2720. The number of imide groups is 4. The molecule has 340 valence electrons. The van der Waals surface area contributed by atoms with Crippen LogP contribution in [-0.4, -0.2) is 109 Å². The van der Waals surface area contributed by atoms with Crippen molar-refractivity contribution >= 4 is 96.7 Å². The van der Waals surface area contributed by atoms with Gasteiger partial charge in [-0.3, -0.25) is 63.6 Å². The number of alkyl halides is 1. The van der Waals surface area contributed by atoms with Gasteiger partial charge in [-0.25, -0.2) is 4.79 Å². The number of amides is 8. The van der Waals surface area contributed by atoms with Crippen LogP contribution in [0.1, 0.15) is 109 Å². The minimum absolute atomic E-state index is 0.0313. The van der Waals surface area contributed by atoms with E-state index in [0.717, 1.165) is 9.80 Å². The lowest BCUT2D eigenvalue weighted by Crippen LogP contribution is -2.57. The standard InChI is InChI=1S/C23H22N2O7.C17H12N2O5.C6H11BrO2/c1-23(2,3)32-18(27)11-31-13-9-12-5-4-6-14-19(12)15(10-13)22(30)25(21(14)29)16-7-8-17(26)24-20(16)28;20-9-6-8-2-1-3-10-14(8)11(7-9)17(24)19(16(10)23)12-4-5-13(21)18-15(12)22;1-6(2,3)9-5(8)4-7/h4-6,9-10,16H,7-8,11H2,1-3H3,(H,24,26,28);1-3,6-7,12,20H,4-5H2,(H,18,21,22);4H2,1-3H3. The summed E-state index contributed by atoms with van der Waals surface area (Å²) in [6.07, 6.45) is 0.239. The normalized spacial score (nSPS) is 18.3. The zero-order valence-electron chi connectivity index (χ0n) is 36.2. The molecule has 65 heavy (non-hydrogen) atoms. The van der Waals surface area contributed by atoms with Crippen molar-refractivity contribution in [3.05, 3.63) is 82.9 Å². The highest BCUT2D eigenvalue weighted by atomic mass is 79.9. The van der Waals surface area contributed by atoms with Crippen molar-refractivity contribution in [2.45, 2.75) is 90.5 Å². The topological polar surface area (TPSA) is 249 Å². The lowest BCUT2D eigenvalue weighted by molar-refractivity contribution is -0.157. The van der Waals surface area contributed by atoms with Crippen LogP contribution in [0.4, 0.5) is 0 Å². The maximum atomic E-state index is 13.3. The fraction of sp³-hybridized carbons (Fsp3) is 0.348. The molecule has 4 aliphatic rings. The molecule has 8 rings (SSSR count). The third kappa shape index (κ3) is 10.5. The van der Waals surface area contributed by atoms with Crippen molar-refractivity contribution in [1.82, 2.24) is 20.4 Å². The maximum Gasteiger partial charge on any atom is 0.344 e. The van der Waals surface area contributed by atoms with E-state index in [-0.39, 0.29) is 77.4 Å². The molecular weight excluding hydrogens is 912 g/mol. The van der Waals surface area contributed by atoms with Crippen LogP contribution >= 0.6 is 15.9 Å². The first kappa shape index (κ1) is 47.5. The Hall–Kier alpha value is -7.02. The molecule has 2 unspecified atom stereocenters. The van der Waals surface area contributed by atoms with Gasteiger partial charge in [-0.1, -0.05) is 40.2 Å². The number of aromatic hydroxyl groups is 1. The first-order valence-corrected chi connectivity index (χ1v) is 21.5. The van der Waals surface area contributed by atoms with E-state index >= 15 is 0 Å². The van der Waals surface area contributed by atoms with E-state index in [0.29, 0.717) is 27.1 Å². The number of hydrogen-bond donors (Lipinski definition) is 3. The van der Waals surface area contributed by atoms with Crippen LogP contribution in [0.3, 0.4) is 0 Å². The Morgan fingerprint density at radius 2 is 1.06 bits per heavy atom. The van der Waals surface area contributed by atoms with Crippen molar-refractivity contribution in [2.24, 2.45) is 0 Å². The molecule has 4 aliphatic heterocycles. The summed E-state index contributed by atoms with van der Waals surface area (Å²) in [5.41, 5.74) is -0.0901. The Balaban J connectivity index is 0.000000186. The molecule has 0 aromatic heterocycles. The third-order valence-electron chi connectivity index (χ3n) is 10.1. The summed E-state index contributed by atoms with van der Waals surface area (Å²) in [6.45, 7) is 10.4. The Morgan fingerprint density at radius 1 is 0.631 bits per heavy atom. The molecule has 18 nitrogen and oxygen atoms in total. The smallest absolute Gasteiger partial charge is 0.344 e. The number of benzene rings is 4. The van der Waals surface area contributed by atoms with Crippen LogP contribution in [0.15, 0.2) is 60.7 Å². The molecule has 8 amide bonds. The SMILES string of the molecule is CC(C)(C)OC(=O)CBr.CC(C)(C)OC(=O)COc1cc2c3c(cccc3c1)C(=O)N(C1CCC(=O)NC1=O)C2=O.O=C1CCC(N2C(=O)c3cccc4cc(O)cc(c34)C2=O)C(=O)N1. The third-order valence-corrected chi connectivity index (χ3v) is 10.5. The van der Waals surface area contributed by atoms with Crippen molar-refractivity contribution < 1.29 is 67.3 Å². The predicted molar refractivity (Wildman–Crippen MR) is 234 cm³/mol. The Labute approximate surface area is 380 Å². The second kappa shape index (κ2) is 18.6. The summed E-state index contributed by atoms with van der Waals surface area (Å²) in [7, 11) is 0. The average Bonchev–Trinajstić information content (AvgIpc) is 3.21. The minimum atomic E-state index is -1.08. The van der Waals surface area contributed by atoms with E-state index in [4.69, 9.17) is 14.2 Å². The van der Waals surface area contributed by atoms with Gasteiger partial charge in [0.1, 0.15) is 40.1 Å². The van der Waals surface area contributed by atoms with Crippen LogP contribution in [0, 0.1) is 0 Å². The van der Waals surface area contributed by atoms with E-state index in [9.17, 15) is 53.1 Å². The maximum absolute atomic E-state index is 13.3. The summed E-state index contributed by atoms with van der Waals surface area (Å²) in [5, 5.41) is 16.5. The van der Waals surface area contributed by atoms with Gasteiger partial charge >= 0.3 is 11.9 Å². The monoisotopic (exact) mass is 956 g/mol. The molecular formula is C46H45BrN4O14. The summed E-state index contributed by atoms with van der Waals surface area (Å²) in [6, 6.07) is 13.6. The molecule has 0 saturated carbocycles. The number of piperidine rings is 2. The predicted octanol–water partition coefficient (Wildman–Crippen LogP) is 4.63. The van der Waals surface area contributed by atoms with Gasteiger partial charge in [0.25, 0.3) is 23.6 Å². The van der Waals surface area contributed by atoms with E-state index in [1.165, 1.54) is 18.2 Å². The molecule has 0 bridgehead atoms. The summed E-state index contributed by atoms with van der Waals surface area (Å²) >= 11 is 2.99. The molecule has 0 aliphatic carbocycles. The summed E-state index contributed by atoms with van der Waals surface area (Å²) < 4.78 is 15.7. The molecule has 19 heteroatoms. The van der Waals surface area contributed by atoms with Crippen LogP contribution in [0.25, 0.3) is 21.5 Å². The highest BCUT2D eigenvalue weighted by Gasteiger charge is 2.44.